The number of nitrogens with one attached hydrogen (secondary N) is 1. The lowest BCUT2D eigenvalue weighted by molar-refractivity contribution is -0.128. The number of aryl methyl sites for hydroxylation is 3. The van der Waals surface area contributed by atoms with E-state index in [9.17, 15) is 4.79 Å². The molecule has 0 aliphatic heterocycles. The molecule has 2 rings (SSSR count). The molecule has 1 amide bonds. The van der Waals surface area contributed by atoms with Gasteiger partial charge in [-0.1, -0.05) is 30.3 Å². The second-order valence-electron chi connectivity index (χ2n) is 6.52. The number of benzene rings is 2. The number of para-hydroxylation sites is 1. The lowest BCUT2D eigenvalue weighted by Gasteiger charge is -2.20. The highest BCUT2D eigenvalue weighted by Crippen LogP contribution is 2.20. The van der Waals surface area contributed by atoms with E-state index in [1.807, 2.05) is 70.2 Å². The Hall–Kier alpha value is -2.49. The largest absolute Gasteiger partial charge is 0.491 e. The topological polar surface area (TPSA) is 47.6 Å². The zero-order valence-corrected chi connectivity index (χ0v) is 15.6. The summed E-state index contributed by atoms with van der Waals surface area (Å²) in [5.74, 6) is 1.43. The van der Waals surface area contributed by atoms with Crippen molar-refractivity contribution in [1.82, 2.24) is 5.32 Å². The van der Waals surface area contributed by atoms with E-state index in [4.69, 9.17) is 9.47 Å². The Balaban J connectivity index is 1.85. The SMILES string of the molecule is Cc1ccc(C)c(O[C@@H](C)C(=O)N[C@H](C)COc2ccccc2C)c1. The van der Waals surface area contributed by atoms with Crippen molar-refractivity contribution in [2.24, 2.45) is 0 Å². The van der Waals surface area contributed by atoms with Crippen LogP contribution in [0.25, 0.3) is 0 Å². The average Bonchev–Trinajstić information content (AvgIpc) is 2.57. The van der Waals surface area contributed by atoms with Crippen molar-refractivity contribution < 1.29 is 14.3 Å². The van der Waals surface area contributed by atoms with Gasteiger partial charge in [0.25, 0.3) is 5.91 Å². The van der Waals surface area contributed by atoms with E-state index in [2.05, 4.69) is 5.32 Å². The van der Waals surface area contributed by atoms with Gasteiger partial charge in [-0.3, -0.25) is 4.79 Å². The van der Waals surface area contributed by atoms with Crippen LogP contribution in [-0.4, -0.2) is 24.7 Å². The highest BCUT2D eigenvalue weighted by molar-refractivity contribution is 5.81. The molecule has 4 heteroatoms. The molecule has 0 bridgehead atoms. The van der Waals surface area contributed by atoms with E-state index in [-0.39, 0.29) is 11.9 Å². The fraction of sp³-hybridized carbons (Fsp3) is 0.381. The number of hydrogen-bond donors (Lipinski definition) is 1. The van der Waals surface area contributed by atoms with E-state index in [0.29, 0.717) is 6.61 Å². The molecule has 2 aromatic rings. The van der Waals surface area contributed by atoms with E-state index in [1.54, 1.807) is 6.92 Å². The van der Waals surface area contributed by atoms with E-state index in [0.717, 1.165) is 28.2 Å². The van der Waals surface area contributed by atoms with Crippen molar-refractivity contribution in [3.05, 3.63) is 59.2 Å². The lowest BCUT2D eigenvalue weighted by atomic mass is 10.1. The predicted molar refractivity (Wildman–Crippen MR) is 100 cm³/mol. The number of amides is 1. The summed E-state index contributed by atoms with van der Waals surface area (Å²) < 4.78 is 11.6. The number of rotatable bonds is 7. The van der Waals surface area contributed by atoms with Crippen LogP contribution in [0.1, 0.15) is 30.5 Å². The summed E-state index contributed by atoms with van der Waals surface area (Å²) in [5, 5.41) is 2.93. The minimum Gasteiger partial charge on any atom is -0.491 e. The van der Waals surface area contributed by atoms with Gasteiger partial charge in [0.15, 0.2) is 6.10 Å². The van der Waals surface area contributed by atoms with Gasteiger partial charge in [-0.25, -0.2) is 0 Å². The maximum atomic E-state index is 12.3. The fourth-order valence-electron chi connectivity index (χ4n) is 2.41. The van der Waals surface area contributed by atoms with Gasteiger partial charge in [-0.05, 0) is 63.4 Å². The standard InChI is InChI=1S/C21H27NO3/c1-14-10-11-16(3)20(12-14)25-18(5)21(23)22-17(4)13-24-19-9-7-6-8-15(19)2/h6-12,17-18H,13H2,1-5H3,(H,22,23)/t17-,18+/m1/s1. The van der Waals surface area contributed by atoms with Crippen LogP contribution in [0.4, 0.5) is 0 Å². The average molecular weight is 341 g/mol. The molecule has 0 heterocycles. The smallest absolute Gasteiger partial charge is 0.261 e. The maximum absolute atomic E-state index is 12.3. The zero-order chi connectivity index (χ0) is 18.4. The predicted octanol–water partition coefficient (Wildman–Crippen LogP) is 3.96. The molecule has 1 N–H and O–H groups in total. The molecule has 0 unspecified atom stereocenters. The molecule has 0 aromatic heterocycles. The van der Waals surface area contributed by atoms with Gasteiger partial charge in [0.05, 0.1) is 6.04 Å². The number of carbonyl (C=O) groups is 1. The number of carbonyl (C=O) groups excluding carboxylic acids is 1. The van der Waals surface area contributed by atoms with Crippen LogP contribution in [0.5, 0.6) is 11.5 Å². The third-order valence-electron chi connectivity index (χ3n) is 3.99. The van der Waals surface area contributed by atoms with Crippen LogP contribution in [0.15, 0.2) is 42.5 Å². The molecule has 0 saturated carbocycles. The monoisotopic (exact) mass is 341 g/mol. The third kappa shape index (κ3) is 5.52. The van der Waals surface area contributed by atoms with E-state index in [1.165, 1.54) is 0 Å². The molecule has 4 nitrogen and oxygen atoms in total. The van der Waals surface area contributed by atoms with Crippen LogP contribution < -0.4 is 14.8 Å². The second-order valence-corrected chi connectivity index (χ2v) is 6.52. The first-order chi connectivity index (χ1) is 11.9. The summed E-state index contributed by atoms with van der Waals surface area (Å²) in [6, 6.07) is 13.7. The van der Waals surface area contributed by atoms with Crippen LogP contribution in [0.2, 0.25) is 0 Å². The van der Waals surface area contributed by atoms with Gasteiger partial charge in [-0.15, -0.1) is 0 Å². The molecule has 0 aliphatic carbocycles. The summed E-state index contributed by atoms with van der Waals surface area (Å²) in [6.07, 6.45) is -0.568. The highest BCUT2D eigenvalue weighted by atomic mass is 16.5. The van der Waals surface area contributed by atoms with Crippen molar-refractivity contribution in [2.75, 3.05) is 6.61 Å². The van der Waals surface area contributed by atoms with Crippen molar-refractivity contribution in [3.63, 3.8) is 0 Å². The fourth-order valence-corrected chi connectivity index (χ4v) is 2.41. The second kappa shape index (κ2) is 8.56. The van der Waals surface area contributed by atoms with Gasteiger partial charge < -0.3 is 14.8 Å². The lowest BCUT2D eigenvalue weighted by Crippen LogP contribution is -2.43. The Morgan fingerprint density at radius 1 is 1.00 bits per heavy atom. The number of ether oxygens (including phenoxy) is 2. The Kier molecular flexibility index (Phi) is 6.45. The van der Waals surface area contributed by atoms with E-state index < -0.39 is 6.10 Å². The Bertz CT molecular complexity index is 727. The summed E-state index contributed by atoms with van der Waals surface area (Å²) in [7, 11) is 0. The van der Waals surface area contributed by atoms with E-state index >= 15 is 0 Å². The van der Waals surface area contributed by atoms with Crippen molar-refractivity contribution in [3.8, 4) is 11.5 Å². The molecule has 0 fully saturated rings. The highest BCUT2D eigenvalue weighted by Gasteiger charge is 2.18. The molecule has 25 heavy (non-hydrogen) atoms. The Morgan fingerprint density at radius 3 is 2.40 bits per heavy atom. The summed E-state index contributed by atoms with van der Waals surface area (Å²) in [6.45, 7) is 10.1. The summed E-state index contributed by atoms with van der Waals surface area (Å²) in [5.41, 5.74) is 3.20. The van der Waals surface area contributed by atoms with Crippen LogP contribution in [0.3, 0.4) is 0 Å². The third-order valence-corrected chi connectivity index (χ3v) is 3.99. The maximum Gasteiger partial charge on any atom is 0.261 e. The van der Waals surface area contributed by atoms with Crippen LogP contribution >= 0.6 is 0 Å². The molecule has 0 aliphatic rings. The van der Waals surface area contributed by atoms with Gasteiger partial charge in [-0.2, -0.15) is 0 Å². The first-order valence-electron chi connectivity index (χ1n) is 8.59. The Labute approximate surface area is 150 Å². The van der Waals surface area contributed by atoms with Crippen molar-refractivity contribution in [2.45, 2.75) is 46.8 Å². The molecular weight excluding hydrogens is 314 g/mol. The molecule has 2 aromatic carbocycles. The molecule has 2 atom stereocenters. The van der Waals surface area contributed by atoms with Gasteiger partial charge in [0, 0.05) is 0 Å². The first kappa shape index (κ1) is 18.8. The normalized spacial score (nSPS) is 13.0. The Morgan fingerprint density at radius 2 is 1.68 bits per heavy atom. The van der Waals surface area contributed by atoms with Gasteiger partial charge in [0.2, 0.25) is 0 Å². The first-order valence-corrected chi connectivity index (χ1v) is 8.59. The minimum absolute atomic E-state index is 0.114. The molecule has 0 radical (unpaired) electrons. The van der Waals surface area contributed by atoms with Gasteiger partial charge in [0.1, 0.15) is 18.1 Å². The molecule has 134 valence electrons. The van der Waals surface area contributed by atoms with Gasteiger partial charge >= 0.3 is 0 Å². The molecule has 0 spiro atoms. The van der Waals surface area contributed by atoms with Crippen molar-refractivity contribution in [1.29, 1.82) is 0 Å². The molecular formula is C21H27NO3. The number of hydrogen-bond acceptors (Lipinski definition) is 3. The zero-order valence-electron chi connectivity index (χ0n) is 15.6. The van der Waals surface area contributed by atoms with Crippen molar-refractivity contribution >= 4 is 5.91 Å². The quantitative estimate of drug-likeness (QED) is 0.829. The van der Waals surface area contributed by atoms with Crippen LogP contribution in [-0.2, 0) is 4.79 Å². The van der Waals surface area contributed by atoms with Crippen LogP contribution in [0, 0.1) is 20.8 Å². The minimum atomic E-state index is -0.568. The summed E-state index contributed by atoms with van der Waals surface area (Å²) >= 11 is 0. The summed E-state index contributed by atoms with van der Waals surface area (Å²) in [4.78, 5) is 12.3. The molecule has 0 saturated heterocycles.